The number of carbonyl (C=O) groups is 2. The number of ether oxygens (including phenoxy) is 1. The number of nitrogens with zero attached hydrogens (tertiary/aromatic N) is 1. The molecule has 0 saturated heterocycles. The van der Waals surface area contributed by atoms with Crippen molar-refractivity contribution in [3.63, 3.8) is 0 Å². The van der Waals surface area contributed by atoms with E-state index in [0.29, 0.717) is 0 Å². The highest BCUT2D eigenvalue weighted by molar-refractivity contribution is 6.04. The van der Waals surface area contributed by atoms with Gasteiger partial charge >= 0.3 is 6.18 Å². The number of methoxy groups -OCH3 is 1. The molecule has 2 rings (SSSR count). The van der Waals surface area contributed by atoms with Crippen LogP contribution in [0.4, 0.5) is 13.2 Å². The van der Waals surface area contributed by atoms with Crippen molar-refractivity contribution in [2.75, 3.05) is 7.11 Å². The summed E-state index contributed by atoms with van der Waals surface area (Å²) in [6.07, 6.45) is -5.20. The van der Waals surface area contributed by atoms with Gasteiger partial charge in [-0.05, 0) is 25.1 Å². The van der Waals surface area contributed by atoms with Crippen LogP contribution in [0.15, 0.2) is 35.5 Å². The molecule has 0 radical (unpaired) electrons. The second-order valence-corrected chi connectivity index (χ2v) is 5.00. The molecule has 6 nitrogen and oxygen atoms in total. The first kappa shape index (κ1) is 17.3. The van der Waals surface area contributed by atoms with Gasteiger partial charge in [-0.3, -0.25) is 9.59 Å². The molecule has 0 saturated carbocycles. The van der Waals surface area contributed by atoms with Gasteiger partial charge in [0.1, 0.15) is 5.75 Å². The Labute approximate surface area is 134 Å². The van der Waals surface area contributed by atoms with Crippen LogP contribution < -0.4 is 15.4 Å². The van der Waals surface area contributed by atoms with E-state index in [0.717, 1.165) is 6.92 Å². The monoisotopic (exact) mass is 339 g/mol. The number of hydrogen-bond donors (Lipinski definition) is 2. The molecular formula is C15H12F3N3O3. The van der Waals surface area contributed by atoms with Crippen LogP contribution in [0.25, 0.3) is 0 Å². The summed E-state index contributed by atoms with van der Waals surface area (Å²) in [6.45, 7) is 1.15. The zero-order valence-electron chi connectivity index (χ0n) is 12.6. The van der Waals surface area contributed by atoms with Gasteiger partial charge in [-0.25, -0.2) is 0 Å². The first-order valence-corrected chi connectivity index (χ1v) is 6.63. The van der Waals surface area contributed by atoms with Gasteiger partial charge in [-0.2, -0.15) is 18.4 Å². The summed E-state index contributed by atoms with van der Waals surface area (Å²) >= 11 is 0. The van der Waals surface area contributed by atoms with Crippen LogP contribution in [-0.4, -0.2) is 30.6 Å². The van der Waals surface area contributed by atoms with Gasteiger partial charge in [0.05, 0.1) is 18.8 Å². The summed E-state index contributed by atoms with van der Waals surface area (Å²) in [7, 11) is 1.33. The normalized spacial score (nSPS) is 20.4. The number of amides is 2. The first-order valence-electron chi connectivity index (χ1n) is 6.63. The molecule has 0 bridgehead atoms. The van der Waals surface area contributed by atoms with Crippen LogP contribution in [0.2, 0.25) is 0 Å². The van der Waals surface area contributed by atoms with Gasteiger partial charge in [0.15, 0.2) is 0 Å². The van der Waals surface area contributed by atoms with Gasteiger partial charge in [-0.15, -0.1) is 0 Å². The molecule has 0 aromatic heterocycles. The highest BCUT2D eigenvalue weighted by Crippen LogP contribution is 2.40. The van der Waals surface area contributed by atoms with Crippen LogP contribution in [0.5, 0.6) is 5.75 Å². The molecule has 0 fully saturated rings. The lowest BCUT2D eigenvalue weighted by Gasteiger charge is -2.30. The van der Waals surface area contributed by atoms with Crippen molar-refractivity contribution in [3.05, 3.63) is 41.1 Å². The van der Waals surface area contributed by atoms with Gasteiger partial charge in [0.25, 0.3) is 17.4 Å². The maximum Gasteiger partial charge on any atom is 0.425 e. The van der Waals surface area contributed by atoms with Crippen molar-refractivity contribution >= 4 is 11.8 Å². The number of hydrogen-bond acceptors (Lipinski definition) is 4. The van der Waals surface area contributed by atoms with Crippen LogP contribution in [0.1, 0.15) is 17.3 Å². The number of nitriles is 1. The van der Waals surface area contributed by atoms with Crippen LogP contribution >= 0.6 is 0 Å². The number of rotatable bonds is 3. The fourth-order valence-corrected chi connectivity index (χ4v) is 2.36. The van der Waals surface area contributed by atoms with E-state index in [2.05, 4.69) is 0 Å². The highest BCUT2D eigenvalue weighted by Gasteiger charge is 2.67. The number of nitrogens with one attached hydrogen (secondary N) is 2. The lowest BCUT2D eigenvalue weighted by molar-refractivity contribution is -0.184. The van der Waals surface area contributed by atoms with E-state index in [1.165, 1.54) is 37.4 Å². The standard InChI is InChI=1S/C15H12F3N3O3/c1-8-11(7-19)14(13(23)20-8,15(16,17)18)21-12(22)9-4-3-5-10(6-9)24-2/h3-6H,1-2H3,(H,20,23)(H,21,22)/t14-/m0/s1. The maximum atomic E-state index is 13.6. The summed E-state index contributed by atoms with van der Waals surface area (Å²) in [4.78, 5) is 24.2. The lowest BCUT2D eigenvalue weighted by atomic mass is 9.90. The smallest absolute Gasteiger partial charge is 0.425 e. The molecule has 24 heavy (non-hydrogen) atoms. The molecule has 0 spiro atoms. The molecule has 1 aromatic carbocycles. The average molecular weight is 339 g/mol. The third-order valence-electron chi connectivity index (χ3n) is 3.56. The summed E-state index contributed by atoms with van der Waals surface area (Å²) in [5, 5.41) is 12.7. The van der Waals surface area contributed by atoms with E-state index in [9.17, 15) is 22.8 Å². The van der Waals surface area contributed by atoms with E-state index < -0.39 is 29.1 Å². The average Bonchev–Trinajstić information content (AvgIpc) is 2.77. The molecule has 0 aliphatic carbocycles. The van der Waals surface area contributed by atoms with E-state index in [1.54, 1.807) is 5.32 Å². The van der Waals surface area contributed by atoms with Crippen molar-refractivity contribution < 1.29 is 27.5 Å². The fraction of sp³-hybridized carbons (Fsp3) is 0.267. The fourth-order valence-electron chi connectivity index (χ4n) is 2.36. The molecule has 1 heterocycles. The van der Waals surface area contributed by atoms with Crippen molar-refractivity contribution in [1.82, 2.24) is 10.6 Å². The molecule has 1 atom stereocenters. The SMILES string of the molecule is COc1cccc(C(=O)N[C@]2(C(F)(F)F)C(=O)NC(C)=C2C#N)c1. The summed E-state index contributed by atoms with van der Waals surface area (Å²) < 4.78 is 45.7. The predicted molar refractivity (Wildman–Crippen MR) is 75.7 cm³/mol. The summed E-state index contributed by atoms with van der Waals surface area (Å²) in [5.41, 5.74) is -4.72. The molecule has 0 unspecified atom stereocenters. The third-order valence-corrected chi connectivity index (χ3v) is 3.56. The topological polar surface area (TPSA) is 91.2 Å². The van der Waals surface area contributed by atoms with Crippen LogP contribution in [0, 0.1) is 11.3 Å². The minimum absolute atomic E-state index is 0.146. The highest BCUT2D eigenvalue weighted by atomic mass is 19.4. The molecule has 2 N–H and O–H groups in total. The Morgan fingerprint density at radius 1 is 1.42 bits per heavy atom. The van der Waals surface area contributed by atoms with Crippen molar-refractivity contribution in [3.8, 4) is 11.8 Å². The van der Waals surface area contributed by atoms with Crippen molar-refractivity contribution in [2.24, 2.45) is 0 Å². The Hall–Kier alpha value is -3.02. The second-order valence-electron chi connectivity index (χ2n) is 5.00. The predicted octanol–water partition coefficient (Wildman–Crippen LogP) is 1.65. The van der Waals surface area contributed by atoms with Crippen molar-refractivity contribution in [2.45, 2.75) is 18.6 Å². The first-order chi connectivity index (χ1) is 11.2. The number of halogens is 3. The lowest BCUT2D eigenvalue weighted by Crippen LogP contribution is -2.64. The molecule has 1 aliphatic rings. The van der Waals surface area contributed by atoms with Gasteiger partial charge in [0.2, 0.25) is 0 Å². The molecule has 2 amide bonds. The molecule has 1 aromatic rings. The minimum Gasteiger partial charge on any atom is -0.497 e. The Morgan fingerprint density at radius 3 is 2.62 bits per heavy atom. The van der Waals surface area contributed by atoms with E-state index >= 15 is 0 Å². The Kier molecular flexibility index (Phi) is 4.25. The Morgan fingerprint density at radius 2 is 2.08 bits per heavy atom. The maximum absolute atomic E-state index is 13.6. The number of benzene rings is 1. The molecular weight excluding hydrogens is 327 g/mol. The van der Waals surface area contributed by atoms with Gasteiger partial charge in [-0.1, -0.05) is 6.07 Å². The molecule has 9 heteroatoms. The molecule has 126 valence electrons. The molecule has 1 aliphatic heterocycles. The third kappa shape index (κ3) is 2.56. The minimum atomic E-state index is -5.20. The van der Waals surface area contributed by atoms with Gasteiger partial charge in [0, 0.05) is 11.3 Å². The van der Waals surface area contributed by atoms with Crippen LogP contribution in [-0.2, 0) is 4.79 Å². The number of alkyl halides is 3. The largest absolute Gasteiger partial charge is 0.497 e. The zero-order valence-corrected chi connectivity index (χ0v) is 12.6. The van der Waals surface area contributed by atoms with E-state index in [-0.39, 0.29) is 17.0 Å². The number of allylic oxidation sites excluding steroid dienone is 1. The van der Waals surface area contributed by atoms with E-state index in [1.807, 2.05) is 5.32 Å². The Bertz CT molecular complexity index is 780. The van der Waals surface area contributed by atoms with E-state index in [4.69, 9.17) is 10.00 Å². The van der Waals surface area contributed by atoms with Crippen molar-refractivity contribution in [1.29, 1.82) is 5.26 Å². The second kappa shape index (κ2) is 5.88. The quantitative estimate of drug-likeness (QED) is 0.876. The number of carbonyl (C=O) groups excluding carboxylic acids is 2. The summed E-state index contributed by atoms with van der Waals surface area (Å²) in [5.74, 6) is -2.43. The zero-order chi connectivity index (χ0) is 18.1. The summed E-state index contributed by atoms with van der Waals surface area (Å²) in [6, 6.07) is 6.75. The van der Waals surface area contributed by atoms with Gasteiger partial charge < -0.3 is 15.4 Å². The Balaban J connectivity index is 2.50. The van der Waals surface area contributed by atoms with Crippen LogP contribution in [0.3, 0.4) is 0 Å².